The molecule has 0 radical (unpaired) electrons. The number of thiocarbonyl (C=S) groups is 1. The molecular formula is C16H17N3O3S. The Hall–Kier alpha value is -2.67. The van der Waals surface area contributed by atoms with E-state index in [0.29, 0.717) is 23.2 Å². The fourth-order valence-corrected chi connectivity index (χ4v) is 2.25. The van der Waals surface area contributed by atoms with Gasteiger partial charge >= 0.3 is 0 Å². The highest BCUT2D eigenvalue weighted by molar-refractivity contribution is 7.80. The number of nitro groups is 1. The van der Waals surface area contributed by atoms with Crippen LogP contribution in [0.5, 0.6) is 5.75 Å². The van der Waals surface area contributed by atoms with Crippen molar-refractivity contribution in [2.75, 3.05) is 17.2 Å². The highest BCUT2D eigenvalue weighted by atomic mass is 32.1. The first-order valence-corrected chi connectivity index (χ1v) is 7.47. The second kappa shape index (κ2) is 7.55. The first-order chi connectivity index (χ1) is 11.0. The monoisotopic (exact) mass is 331 g/mol. The van der Waals surface area contributed by atoms with E-state index in [0.717, 1.165) is 11.3 Å². The van der Waals surface area contributed by atoms with Crippen LogP contribution in [0.1, 0.15) is 12.5 Å². The number of nitrogens with one attached hydrogen (secondary N) is 2. The molecule has 0 heterocycles. The van der Waals surface area contributed by atoms with E-state index >= 15 is 0 Å². The second-order valence-corrected chi connectivity index (χ2v) is 5.17. The van der Waals surface area contributed by atoms with Crippen molar-refractivity contribution in [1.82, 2.24) is 0 Å². The maximum Gasteiger partial charge on any atom is 0.269 e. The average molecular weight is 331 g/mol. The van der Waals surface area contributed by atoms with Crippen LogP contribution >= 0.6 is 12.2 Å². The molecule has 0 unspecified atom stereocenters. The van der Waals surface area contributed by atoms with Crippen LogP contribution in [0.4, 0.5) is 17.1 Å². The molecule has 0 fully saturated rings. The van der Waals surface area contributed by atoms with Crippen LogP contribution in [0.2, 0.25) is 0 Å². The standard InChI is InChI=1S/C16H17N3O3S/c1-3-22-15-7-5-4-6-14(15)18-16(23)17-13-9-8-12(19(20)21)10-11(13)2/h4-10H,3H2,1-2H3,(H2,17,18,23). The Morgan fingerprint density at radius 3 is 2.57 bits per heavy atom. The fourth-order valence-electron chi connectivity index (χ4n) is 2.03. The molecule has 0 bridgehead atoms. The van der Waals surface area contributed by atoms with Gasteiger partial charge in [-0.2, -0.15) is 0 Å². The van der Waals surface area contributed by atoms with Crippen molar-refractivity contribution >= 4 is 34.4 Å². The third-order valence-electron chi connectivity index (χ3n) is 3.10. The van der Waals surface area contributed by atoms with E-state index in [1.165, 1.54) is 12.1 Å². The summed E-state index contributed by atoms with van der Waals surface area (Å²) in [5.41, 5.74) is 2.25. The molecule has 0 aliphatic rings. The third kappa shape index (κ3) is 4.40. The van der Waals surface area contributed by atoms with E-state index in [2.05, 4.69) is 10.6 Å². The lowest BCUT2D eigenvalue weighted by Crippen LogP contribution is -2.20. The van der Waals surface area contributed by atoms with Gasteiger partial charge in [0.2, 0.25) is 0 Å². The maximum absolute atomic E-state index is 10.8. The van der Waals surface area contributed by atoms with E-state index in [1.54, 1.807) is 13.0 Å². The molecule has 0 saturated heterocycles. The number of nitrogens with zero attached hydrogens (tertiary/aromatic N) is 1. The quantitative estimate of drug-likeness (QED) is 0.488. The predicted octanol–water partition coefficient (Wildman–Crippen LogP) is 4.11. The lowest BCUT2D eigenvalue weighted by molar-refractivity contribution is -0.384. The Kier molecular flexibility index (Phi) is 5.48. The van der Waals surface area contributed by atoms with Crippen molar-refractivity contribution in [3.05, 3.63) is 58.1 Å². The number of para-hydroxylation sites is 2. The minimum atomic E-state index is -0.425. The van der Waals surface area contributed by atoms with Gasteiger partial charge in [-0.15, -0.1) is 0 Å². The molecule has 0 aliphatic heterocycles. The zero-order valence-corrected chi connectivity index (χ0v) is 13.6. The molecule has 0 atom stereocenters. The van der Waals surface area contributed by atoms with Gasteiger partial charge in [0, 0.05) is 17.8 Å². The summed E-state index contributed by atoms with van der Waals surface area (Å²) in [4.78, 5) is 10.3. The minimum Gasteiger partial charge on any atom is -0.492 e. The SMILES string of the molecule is CCOc1ccccc1NC(=S)Nc1ccc([N+](=O)[O-])cc1C. The maximum atomic E-state index is 10.8. The topological polar surface area (TPSA) is 76.4 Å². The van der Waals surface area contributed by atoms with Crippen molar-refractivity contribution in [3.8, 4) is 5.75 Å². The molecule has 6 nitrogen and oxygen atoms in total. The first-order valence-electron chi connectivity index (χ1n) is 7.06. The van der Waals surface area contributed by atoms with Gasteiger partial charge in [0.25, 0.3) is 5.69 Å². The molecule has 0 amide bonds. The smallest absolute Gasteiger partial charge is 0.269 e. The number of aryl methyl sites for hydroxylation is 1. The minimum absolute atomic E-state index is 0.0496. The van der Waals surface area contributed by atoms with Crippen LogP contribution in [-0.4, -0.2) is 16.6 Å². The van der Waals surface area contributed by atoms with Crippen molar-refractivity contribution in [2.24, 2.45) is 0 Å². The number of hydrogen-bond donors (Lipinski definition) is 2. The van der Waals surface area contributed by atoms with E-state index < -0.39 is 4.92 Å². The lowest BCUT2D eigenvalue weighted by atomic mass is 10.2. The van der Waals surface area contributed by atoms with Gasteiger partial charge in [0.15, 0.2) is 5.11 Å². The summed E-state index contributed by atoms with van der Waals surface area (Å²) in [5.74, 6) is 0.708. The third-order valence-corrected chi connectivity index (χ3v) is 3.31. The molecule has 0 aliphatic carbocycles. The Morgan fingerprint density at radius 2 is 1.91 bits per heavy atom. The molecule has 7 heteroatoms. The van der Waals surface area contributed by atoms with Crippen LogP contribution in [0.15, 0.2) is 42.5 Å². The van der Waals surface area contributed by atoms with Crippen molar-refractivity contribution < 1.29 is 9.66 Å². The summed E-state index contributed by atoms with van der Waals surface area (Å²) < 4.78 is 5.53. The summed E-state index contributed by atoms with van der Waals surface area (Å²) >= 11 is 5.29. The van der Waals surface area contributed by atoms with Gasteiger partial charge in [0.1, 0.15) is 5.75 Å². The molecular weight excluding hydrogens is 314 g/mol. The number of ether oxygens (including phenoxy) is 1. The van der Waals surface area contributed by atoms with E-state index in [-0.39, 0.29) is 5.69 Å². The largest absolute Gasteiger partial charge is 0.492 e. The number of benzene rings is 2. The fraction of sp³-hybridized carbons (Fsp3) is 0.188. The van der Waals surface area contributed by atoms with Crippen molar-refractivity contribution in [3.63, 3.8) is 0 Å². The van der Waals surface area contributed by atoms with E-state index in [9.17, 15) is 10.1 Å². The zero-order chi connectivity index (χ0) is 16.8. The summed E-state index contributed by atoms with van der Waals surface area (Å²) in [6.07, 6.45) is 0. The van der Waals surface area contributed by atoms with Gasteiger partial charge in [-0.1, -0.05) is 12.1 Å². The summed E-state index contributed by atoms with van der Waals surface area (Å²) in [7, 11) is 0. The molecule has 2 aromatic rings. The molecule has 23 heavy (non-hydrogen) atoms. The molecule has 0 saturated carbocycles. The Labute approximate surface area is 139 Å². The molecule has 2 rings (SSSR count). The molecule has 2 N–H and O–H groups in total. The second-order valence-electron chi connectivity index (χ2n) is 4.76. The van der Waals surface area contributed by atoms with Crippen LogP contribution in [-0.2, 0) is 0 Å². The average Bonchev–Trinajstić information content (AvgIpc) is 2.51. The number of non-ortho nitro benzene ring substituents is 1. The van der Waals surface area contributed by atoms with Gasteiger partial charge in [0.05, 0.1) is 17.2 Å². The Bertz CT molecular complexity index is 734. The lowest BCUT2D eigenvalue weighted by Gasteiger charge is -2.15. The molecule has 0 aromatic heterocycles. The summed E-state index contributed by atoms with van der Waals surface area (Å²) in [6, 6.07) is 12.0. The Balaban J connectivity index is 2.10. The number of rotatable bonds is 5. The summed E-state index contributed by atoms with van der Waals surface area (Å²) in [6.45, 7) is 4.25. The molecule has 120 valence electrons. The van der Waals surface area contributed by atoms with Crippen LogP contribution in [0, 0.1) is 17.0 Å². The first kappa shape index (κ1) is 16.7. The van der Waals surface area contributed by atoms with Gasteiger partial charge in [-0.05, 0) is 49.8 Å². The van der Waals surface area contributed by atoms with Crippen molar-refractivity contribution in [2.45, 2.75) is 13.8 Å². The summed E-state index contributed by atoms with van der Waals surface area (Å²) in [5, 5.41) is 17.2. The van der Waals surface area contributed by atoms with Gasteiger partial charge in [-0.25, -0.2) is 0 Å². The number of hydrogen-bond acceptors (Lipinski definition) is 4. The number of nitro benzene ring substituents is 1. The van der Waals surface area contributed by atoms with E-state index in [4.69, 9.17) is 17.0 Å². The molecule has 2 aromatic carbocycles. The highest BCUT2D eigenvalue weighted by Gasteiger charge is 2.10. The van der Waals surface area contributed by atoms with E-state index in [1.807, 2.05) is 31.2 Å². The van der Waals surface area contributed by atoms with Crippen LogP contribution in [0.3, 0.4) is 0 Å². The zero-order valence-electron chi connectivity index (χ0n) is 12.8. The van der Waals surface area contributed by atoms with Crippen molar-refractivity contribution in [1.29, 1.82) is 0 Å². The normalized spacial score (nSPS) is 10.0. The van der Waals surface area contributed by atoms with Crippen LogP contribution < -0.4 is 15.4 Å². The highest BCUT2D eigenvalue weighted by Crippen LogP contribution is 2.25. The number of anilines is 2. The van der Waals surface area contributed by atoms with Crippen LogP contribution in [0.25, 0.3) is 0 Å². The Morgan fingerprint density at radius 1 is 1.22 bits per heavy atom. The predicted molar refractivity (Wildman–Crippen MR) is 95.3 cm³/mol. The molecule has 0 spiro atoms. The van der Waals surface area contributed by atoms with Gasteiger partial charge in [-0.3, -0.25) is 10.1 Å². The van der Waals surface area contributed by atoms with Gasteiger partial charge < -0.3 is 15.4 Å².